The highest BCUT2D eigenvalue weighted by molar-refractivity contribution is 5.87. The van der Waals surface area contributed by atoms with E-state index in [-0.39, 0.29) is 0 Å². The standard InChI is InChI=1S/C20H22N2O2/c1-2-15-6-4-8-18-17(13-22-19(15)18)9-10-21-12-14-5-3-7-16(11-14)20(23)24/h3-8,11,13,21-22H,2,9-10,12H2,1H3,(H,23,24). The number of para-hydroxylation sites is 1. The molecule has 0 aliphatic heterocycles. The number of nitrogens with one attached hydrogen (secondary N) is 2. The van der Waals surface area contributed by atoms with Crippen LogP contribution in [0.25, 0.3) is 10.9 Å². The van der Waals surface area contributed by atoms with Crippen molar-refractivity contribution in [2.45, 2.75) is 26.3 Å². The number of aryl methyl sites for hydroxylation is 1. The fraction of sp³-hybridized carbons (Fsp3) is 0.250. The van der Waals surface area contributed by atoms with Crippen LogP contribution in [0.2, 0.25) is 0 Å². The van der Waals surface area contributed by atoms with Crippen molar-refractivity contribution in [1.82, 2.24) is 10.3 Å². The van der Waals surface area contributed by atoms with Crippen LogP contribution in [0.1, 0.15) is 34.0 Å². The number of aromatic amines is 1. The lowest BCUT2D eigenvalue weighted by Crippen LogP contribution is -2.16. The molecule has 0 unspecified atom stereocenters. The predicted octanol–water partition coefficient (Wildman–Crippen LogP) is 3.76. The number of benzene rings is 2. The number of aromatic nitrogens is 1. The second kappa shape index (κ2) is 7.32. The van der Waals surface area contributed by atoms with E-state index in [9.17, 15) is 4.79 Å². The molecule has 0 aliphatic rings. The quantitative estimate of drug-likeness (QED) is 0.580. The molecule has 3 N–H and O–H groups in total. The van der Waals surface area contributed by atoms with Crippen LogP contribution < -0.4 is 5.32 Å². The SMILES string of the molecule is CCc1cccc2c(CCNCc3cccc(C(=O)O)c3)c[nH]c12. The van der Waals surface area contributed by atoms with Crippen LogP contribution in [0.3, 0.4) is 0 Å². The van der Waals surface area contributed by atoms with Gasteiger partial charge in [-0.2, -0.15) is 0 Å². The Morgan fingerprint density at radius 2 is 2.00 bits per heavy atom. The van der Waals surface area contributed by atoms with Gasteiger partial charge in [0.05, 0.1) is 5.56 Å². The minimum atomic E-state index is -0.887. The van der Waals surface area contributed by atoms with E-state index in [0.717, 1.165) is 24.9 Å². The average molecular weight is 322 g/mol. The molecule has 24 heavy (non-hydrogen) atoms. The summed E-state index contributed by atoms with van der Waals surface area (Å²) in [6.07, 6.45) is 4.05. The molecule has 0 amide bonds. The van der Waals surface area contributed by atoms with Crippen LogP contribution in [0, 0.1) is 0 Å². The van der Waals surface area contributed by atoms with E-state index in [2.05, 4.69) is 41.6 Å². The fourth-order valence-electron chi connectivity index (χ4n) is 3.05. The second-order valence-electron chi connectivity index (χ2n) is 5.94. The molecular formula is C20H22N2O2. The predicted molar refractivity (Wildman–Crippen MR) is 96.5 cm³/mol. The molecule has 0 radical (unpaired) electrons. The third-order valence-corrected chi connectivity index (χ3v) is 4.34. The zero-order valence-electron chi connectivity index (χ0n) is 13.8. The van der Waals surface area contributed by atoms with Gasteiger partial charge in [-0.3, -0.25) is 0 Å². The number of hydrogen-bond donors (Lipinski definition) is 3. The number of H-pyrrole nitrogens is 1. The second-order valence-corrected chi connectivity index (χ2v) is 5.94. The van der Waals surface area contributed by atoms with Crippen LogP contribution in [0.15, 0.2) is 48.7 Å². The van der Waals surface area contributed by atoms with Gasteiger partial charge in [-0.05, 0) is 48.2 Å². The van der Waals surface area contributed by atoms with Crippen molar-refractivity contribution < 1.29 is 9.90 Å². The molecule has 2 aromatic carbocycles. The van der Waals surface area contributed by atoms with E-state index in [1.807, 2.05) is 6.07 Å². The molecule has 3 rings (SSSR count). The number of fused-ring (bicyclic) bond motifs is 1. The van der Waals surface area contributed by atoms with Gasteiger partial charge in [-0.15, -0.1) is 0 Å². The first kappa shape index (κ1) is 16.3. The largest absolute Gasteiger partial charge is 0.478 e. The maximum atomic E-state index is 11.0. The molecule has 0 bridgehead atoms. The van der Waals surface area contributed by atoms with E-state index in [1.165, 1.54) is 22.0 Å². The average Bonchev–Trinajstić information content (AvgIpc) is 3.02. The molecule has 1 aromatic heterocycles. The topological polar surface area (TPSA) is 65.1 Å². The smallest absolute Gasteiger partial charge is 0.335 e. The lowest BCUT2D eigenvalue weighted by molar-refractivity contribution is 0.0696. The van der Waals surface area contributed by atoms with Crippen LogP contribution in [-0.2, 0) is 19.4 Å². The van der Waals surface area contributed by atoms with Crippen molar-refractivity contribution in [3.05, 3.63) is 70.9 Å². The number of rotatable bonds is 7. The Kier molecular flexibility index (Phi) is 4.96. The van der Waals surface area contributed by atoms with E-state index < -0.39 is 5.97 Å². The van der Waals surface area contributed by atoms with Crippen LogP contribution in [0.5, 0.6) is 0 Å². The summed E-state index contributed by atoms with van der Waals surface area (Å²) >= 11 is 0. The Hall–Kier alpha value is -2.59. The Balaban J connectivity index is 1.59. The van der Waals surface area contributed by atoms with Crippen molar-refractivity contribution in [2.24, 2.45) is 0 Å². The Morgan fingerprint density at radius 1 is 1.17 bits per heavy atom. The van der Waals surface area contributed by atoms with Gasteiger partial charge in [0.15, 0.2) is 0 Å². The van der Waals surface area contributed by atoms with Gasteiger partial charge in [0.25, 0.3) is 0 Å². The summed E-state index contributed by atoms with van der Waals surface area (Å²) in [7, 11) is 0. The fourth-order valence-corrected chi connectivity index (χ4v) is 3.05. The lowest BCUT2D eigenvalue weighted by atomic mass is 10.1. The summed E-state index contributed by atoms with van der Waals surface area (Å²) in [5.41, 5.74) is 5.22. The lowest BCUT2D eigenvalue weighted by Gasteiger charge is -2.06. The van der Waals surface area contributed by atoms with Gasteiger partial charge in [0.2, 0.25) is 0 Å². The Bertz CT molecular complexity index is 852. The maximum absolute atomic E-state index is 11.0. The minimum Gasteiger partial charge on any atom is -0.478 e. The highest BCUT2D eigenvalue weighted by Crippen LogP contribution is 2.22. The van der Waals surface area contributed by atoms with Crippen molar-refractivity contribution >= 4 is 16.9 Å². The number of hydrogen-bond acceptors (Lipinski definition) is 2. The van der Waals surface area contributed by atoms with Crippen molar-refractivity contribution in [2.75, 3.05) is 6.54 Å². The molecule has 4 nitrogen and oxygen atoms in total. The molecule has 0 fully saturated rings. The molecule has 0 saturated heterocycles. The summed E-state index contributed by atoms with van der Waals surface area (Å²) in [5.74, 6) is -0.887. The van der Waals surface area contributed by atoms with Crippen molar-refractivity contribution in [3.8, 4) is 0 Å². The monoisotopic (exact) mass is 322 g/mol. The minimum absolute atomic E-state index is 0.332. The van der Waals surface area contributed by atoms with Crippen LogP contribution in [0.4, 0.5) is 0 Å². The zero-order chi connectivity index (χ0) is 16.9. The summed E-state index contributed by atoms with van der Waals surface area (Å²) in [6.45, 7) is 3.69. The summed E-state index contributed by atoms with van der Waals surface area (Å²) in [6, 6.07) is 13.5. The Morgan fingerprint density at radius 3 is 2.79 bits per heavy atom. The summed E-state index contributed by atoms with van der Waals surface area (Å²) in [4.78, 5) is 14.4. The summed E-state index contributed by atoms with van der Waals surface area (Å²) < 4.78 is 0. The Labute approximate surface area is 141 Å². The molecule has 0 spiro atoms. The molecule has 124 valence electrons. The first-order valence-corrected chi connectivity index (χ1v) is 8.30. The van der Waals surface area contributed by atoms with Crippen LogP contribution in [-0.4, -0.2) is 22.6 Å². The number of carboxylic acids is 1. The van der Waals surface area contributed by atoms with Gasteiger partial charge in [-0.1, -0.05) is 37.3 Å². The van der Waals surface area contributed by atoms with Gasteiger partial charge in [-0.25, -0.2) is 4.79 Å². The van der Waals surface area contributed by atoms with Gasteiger partial charge in [0.1, 0.15) is 0 Å². The van der Waals surface area contributed by atoms with Crippen molar-refractivity contribution in [1.29, 1.82) is 0 Å². The van der Waals surface area contributed by atoms with E-state index in [1.54, 1.807) is 18.2 Å². The van der Waals surface area contributed by atoms with Gasteiger partial charge < -0.3 is 15.4 Å². The number of carboxylic acid groups (broad SMARTS) is 1. The normalized spacial score (nSPS) is 11.0. The van der Waals surface area contributed by atoms with Crippen molar-refractivity contribution in [3.63, 3.8) is 0 Å². The third-order valence-electron chi connectivity index (χ3n) is 4.34. The molecule has 0 saturated carbocycles. The van der Waals surface area contributed by atoms with Gasteiger partial charge >= 0.3 is 5.97 Å². The highest BCUT2D eigenvalue weighted by atomic mass is 16.4. The summed E-state index contributed by atoms with van der Waals surface area (Å²) in [5, 5.41) is 13.7. The molecule has 3 aromatic rings. The number of carbonyl (C=O) groups is 1. The first-order valence-electron chi connectivity index (χ1n) is 8.30. The third kappa shape index (κ3) is 3.49. The first-order chi connectivity index (χ1) is 11.7. The maximum Gasteiger partial charge on any atom is 0.335 e. The highest BCUT2D eigenvalue weighted by Gasteiger charge is 2.06. The molecular weight excluding hydrogens is 300 g/mol. The number of aromatic carboxylic acids is 1. The van der Waals surface area contributed by atoms with E-state index in [0.29, 0.717) is 12.1 Å². The van der Waals surface area contributed by atoms with E-state index in [4.69, 9.17) is 5.11 Å². The molecule has 1 heterocycles. The molecule has 0 aliphatic carbocycles. The van der Waals surface area contributed by atoms with Gasteiger partial charge in [0, 0.05) is 23.6 Å². The van der Waals surface area contributed by atoms with Crippen LogP contribution >= 0.6 is 0 Å². The molecule has 0 atom stereocenters. The molecule has 4 heteroatoms. The zero-order valence-corrected chi connectivity index (χ0v) is 13.8. The van der Waals surface area contributed by atoms with E-state index >= 15 is 0 Å².